The Labute approximate surface area is 152 Å². The number of carbonyl (C=O) groups is 2. The summed E-state index contributed by atoms with van der Waals surface area (Å²) in [4.78, 5) is 24.9. The van der Waals surface area contributed by atoms with Gasteiger partial charge in [0.2, 0.25) is 0 Å². The van der Waals surface area contributed by atoms with Crippen LogP contribution in [0.4, 0.5) is 9.18 Å². The molecule has 2 aromatic rings. The molecule has 3 rings (SSSR count). The van der Waals surface area contributed by atoms with Crippen LogP contribution in [0.2, 0.25) is 0 Å². The maximum Gasteiger partial charge on any atom is 0.410 e. The van der Waals surface area contributed by atoms with Gasteiger partial charge < -0.3 is 9.64 Å². The molecule has 0 atom stereocenters. The van der Waals surface area contributed by atoms with Gasteiger partial charge >= 0.3 is 6.09 Å². The Balaban J connectivity index is 1.84. The van der Waals surface area contributed by atoms with Gasteiger partial charge in [-0.25, -0.2) is 9.18 Å². The first-order chi connectivity index (χ1) is 12.3. The fraction of sp³-hybridized carbons (Fsp3) is 0.333. The molecule has 0 spiro atoms. The van der Waals surface area contributed by atoms with E-state index in [2.05, 4.69) is 0 Å². The average Bonchev–Trinajstić information content (AvgIpc) is 2.59. The second-order valence-electron chi connectivity index (χ2n) is 7.46. The average molecular weight is 355 g/mol. The van der Waals surface area contributed by atoms with E-state index in [4.69, 9.17) is 4.74 Å². The van der Waals surface area contributed by atoms with E-state index in [1.54, 1.807) is 17.0 Å². The maximum atomic E-state index is 14.4. The van der Waals surface area contributed by atoms with Crippen molar-refractivity contribution in [1.82, 2.24) is 4.90 Å². The van der Waals surface area contributed by atoms with E-state index in [0.717, 1.165) is 16.7 Å². The summed E-state index contributed by atoms with van der Waals surface area (Å²) in [5.41, 5.74) is 2.78. The van der Waals surface area contributed by atoms with Gasteiger partial charge in [-0.05, 0) is 49.9 Å². The largest absolute Gasteiger partial charge is 0.444 e. The molecule has 1 aliphatic rings. The molecule has 0 N–H and O–H groups in total. The van der Waals surface area contributed by atoms with Gasteiger partial charge in [-0.15, -0.1) is 0 Å². The second-order valence-corrected chi connectivity index (χ2v) is 7.46. The number of carbonyl (C=O) groups excluding carboxylic acids is 2. The van der Waals surface area contributed by atoms with E-state index < -0.39 is 11.4 Å². The third-order valence-electron chi connectivity index (χ3n) is 4.34. The van der Waals surface area contributed by atoms with Crippen molar-refractivity contribution in [2.45, 2.75) is 39.3 Å². The molecule has 0 saturated carbocycles. The van der Waals surface area contributed by atoms with E-state index in [0.29, 0.717) is 31.4 Å². The van der Waals surface area contributed by atoms with Crippen molar-refractivity contribution in [3.05, 3.63) is 58.9 Å². The van der Waals surface area contributed by atoms with Gasteiger partial charge in [0.05, 0.1) is 5.56 Å². The van der Waals surface area contributed by atoms with Gasteiger partial charge in [-0.2, -0.15) is 0 Å². The molecular weight excluding hydrogens is 333 g/mol. The molecule has 0 fully saturated rings. The quantitative estimate of drug-likeness (QED) is 0.740. The van der Waals surface area contributed by atoms with E-state index >= 15 is 0 Å². The maximum absolute atomic E-state index is 14.4. The van der Waals surface area contributed by atoms with Crippen LogP contribution in [0.3, 0.4) is 0 Å². The summed E-state index contributed by atoms with van der Waals surface area (Å²) in [5.74, 6) is -0.506. The lowest BCUT2D eigenvalue weighted by Gasteiger charge is -2.31. The summed E-state index contributed by atoms with van der Waals surface area (Å²) in [6.07, 6.45) is 0.879. The van der Waals surface area contributed by atoms with E-state index in [9.17, 15) is 14.0 Å². The zero-order valence-electron chi connectivity index (χ0n) is 15.2. The number of halogens is 1. The fourth-order valence-electron chi connectivity index (χ4n) is 3.07. The zero-order chi connectivity index (χ0) is 18.9. The lowest BCUT2D eigenvalue weighted by Crippen LogP contribution is -2.39. The van der Waals surface area contributed by atoms with E-state index in [1.807, 2.05) is 39.0 Å². The molecule has 1 amide bonds. The highest BCUT2D eigenvalue weighted by atomic mass is 19.1. The highest BCUT2D eigenvalue weighted by Gasteiger charge is 2.26. The molecule has 136 valence electrons. The first kappa shape index (κ1) is 18.1. The zero-order valence-corrected chi connectivity index (χ0v) is 15.2. The van der Waals surface area contributed by atoms with Crippen molar-refractivity contribution >= 4 is 12.4 Å². The standard InChI is InChI=1S/C21H22FNO3/c1-21(2,3)26-20(25)23-10-9-14-11-15(7-8-16(14)12-23)18-6-4-5-17(13-24)19(18)22/h4-8,11,13H,9-10,12H2,1-3H3. The van der Waals surface area contributed by atoms with Crippen LogP contribution in [0.15, 0.2) is 36.4 Å². The molecule has 0 bridgehead atoms. The molecule has 0 radical (unpaired) electrons. The molecule has 26 heavy (non-hydrogen) atoms. The lowest BCUT2D eigenvalue weighted by molar-refractivity contribution is 0.0224. The number of benzene rings is 2. The number of hydrogen-bond donors (Lipinski definition) is 0. The van der Waals surface area contributed by atoms with Crippen LogP contribution in [-0.4, -0.2) is 29.4 Å². The predicted molar refractivity (Wildman–Crippen MR) is 97.6 cm³/mol. The van der Waals surface area contributed by atoms with Gasteiger partial charge in [0.1, 0.15) is 11.4 Å². The van der Waals surface area contributed by atoms with Crippen LogP contribution >= 0.6 is 0 Å². The number of fused-ring (bicyclic) bond motifs is 1. The van der Waals surface area contributed by atoms with Crippen molar-refractivity contribution in [2.24, 2.45) is 0 Å². The summed E-state index contributed by atoms with van der Waals surface area (Å²) < 4.78 is 19.8. The fourth-order valence-corrected chi connectivity index (χ4v) is 3.07. The Bertz CT molecular complexity index is 855. The van der Waals surface area contributed by atoms with Gasteiger partial charge in [-0.3, -0.25) is 4.79 Å². The number of nitrogens with zero attached hydrogens (tertiary/aromatic N) is 1. The first-order valence-electron chi connectivity index (χ1n) is 8.62. The minimum Gasteiger partial charge on any atom is -0.444 e. The normalized spacial score (nSPS) is 13.9. The molecule has 1 heterocycles. The Morgan fingerprint density at radius 2 is 1.96 bits per heavy atom. The number of ether oxygens (including phenoxy) is 1. The Morgan fingerprint density at radius 1 is 1.19 bits per heavy atom. The minimum atomic E-state index is -0.525. The van der Waals surface area contributed by atoms with E-state index in [1.165, 1.54) is 6.07 Å². The van der Waals surface area contributed by atoms with E-state index in [-0.39, 0.29) is 11.7 Å². The van der Waals surface area contributed by atoms with Crippen molar-refractivity contribution in [2.75, 3.05) is 6.54 Å². The molecule has 0 aliphatic carbocycles. The highest BCUT2D eigenvalue weighted by Crippen LogP contribution is 2.29. The van der Waals surface area contributed by atoms with Crippen molar-refractivity contribution in [3.63, 3.8) is 0 Å². The summed E-state index contributed by atoms with van der Waals surface area (Å²) in [7, 11) is 0. The smallest absolute Gasteiger partial charge is 0.410 e. The first-order valence-corrected chi connectivity index (χ1v) is 8.62. The van der Waals surface area contributed by atoms with Gasteiger partial charge in [0.15, 0.2) is 6.29 Å². The van der Waals surface area contributed by atoms with Gasteiger partial charge in [-0.1, -0.05) is 30.3 Å². The SMILES string of the molecule is CC(C)(C)OC(=O)N1CCc2cc(-c3cccc(C=O)c3F)ccc2C1. The van der Waals surface area contributed by atoms with Crippen LogP contribution in [0.5, 0.6) is 0 Å². The Hall–Kier alpha value is -2.69. The molecule has 4 nitrogen and oxygen atoms in total. The van der Waals surface area contributed by atoms with Crippen LogP contribution in [0.1, 0.15) is 42.3 Å². The van der Waals surface area contributed by atoms with Crippen molar-refractivity contribution in [1.29, 1.82) is 0 Å². The van der Waals surface area contributed by atoms with Gasteiger partial charge in [0.25, 0.3) is 0 Å². The molecule has 0 aromatic heterocycles. The van der Waals surface area contributed by atoms with Crippen LogP contribution in [0, 0.1) is 5.82 Å². The monoisotopic (exact) mass is 355 g/mol. The molecule has 0 unspecified atom stereocenters. The number of hydrogen-bond acceptors (Lipinski definition) is 3. The Kier molecular flexibility index (Phi) is 4.81. The minimum absolute atomic E-state index is 0.0521. The van der Waals surface area contributed by atoms with Crippen LogP contribution in [0.25, 0.3) is 11.1 Å². The van der Waals surface area contributed by atoms with Gasteiger partial charge in [0, 0.05) is 18.7 Å². The van der Waals surface area contributed by atoms with Crippen molar-refractivity contribution in [3.8, 4) is 11.1 Å². The summed E-state index contributed by atoms with van der Waals surface area (Å²) >= 11 is 0. The molecular formula is C21H22FNO3. The molecule has 2 aromatic carbocycles. The topological polar surface area (TPSA) is 46.6 Å². The summed E-state index contributed by atoms with van der Waals surface area (Å²) in [6.45, 7) is 6.56. The molecule has 5 heteroatoms. The third-order valence-corrected chi connectivity index (χ3v) is 4.34. The number of rotatable bonds is 2. The predicted octanol–water partition coefficient (Wildman–Crippen LogP) is 4.60. The van der Waals surface area contributed by atoms with Crippen molar-refractivity contribution < 1.29 is 18.7 Å². The summed E-state index contributed by atoms with van der Waals surface area (Å²) in [6, 6.07) is 10.5. The lowest BCUT2D eigenvalue weighted by atomic mass is 9.94. The second kappa shape index (κ2) is 6.90. The van der Waals surface area contributed by atoms with Crippen LogP contribution in [-0.2, 0) is 17.7 Å². The molecule has 1 aliphatic heterocycles. The summed E-state index contributed by atoms with van der Waals surface area (Å²) in [5, 5.41) is 0. The van der Waals surface area contributed by atoms with Crippen LogP contribution < -0.4 is 0 Å². The number of aldehydes is 1. The third kappa shape index (κ3) is 3.77. The molecule has 0 saturated heterocycles. The highest BCUT2D eigenvalue weighted by molar-refractivity contribution is 5.80. The Morgan fingerprint density at radius 3 is 2.65 bits per heavy atom. The number of amides is 1.